The van der Waals surface area contributed by atoms with Crippen LogP contribution in [0.25, 0.3) is 0 Å². The summed E-state index contributed by atoms with van der Waals surface area (Å²) in [5.41, 5.74) is 2.55. The number of terminal acetylenes is 1. The largest absolute Gasteiger partial charge is 0.493 e. The molecule has 1 aromatic rings. The summed E-state index contributed by atoms with van der Waals surface area (Å²) >= 11 is 0. The zero-order valence-electron chi connectivity index (χ0n) is 8.92. The van der Waals surface area contributed by atoms with Crippen molar-refractivity contribution in [2.45, 2.75) is 18.9 Å². The minimum atomic E-state index is 0.251. The van der Waals surface area contributed by atoms with E-state index in [9.17, 15) is 0 Å². The normalized spacial score (nSPS) is 15.2. The molecule has 2 heteroatoms. The van der Waals surface area contributed by atoms with E-state index >= 15 is 0 Å². The average Bonchev–Trinajstić information content (AvgIpc) is 2.72. The van der Waals surface area contributed by atoms with Crippen molar-refractivity contribution in [2.75, 3.05) is 13.7 Å². The molecule has 0 radical (unpaired) electrons. The molecule has 1 aromatic carbocycles. The molecule has 2 rings (SSSR count). The molecule has 0 spiro atoms. The van der Waals surface area contributed by atoms with Gasteiger partial charge in [-0.2, -0.15) is 0 Å². The van der Waals surface area contributed by atoms with Crippen molar-refractivity contribution < 1.29 is 4.74 Å². The van der Waals surface area contributed by atoms with Gasteiger partial charge in [-0.3, -0.25) is 0 Å². The Morgan fingerprint density at radius 3 is 3.20 bits per heavy atom. The number of benzene rings is 1. The first kappa shape index (κ1) is 10.1. The number of rotatable bonds is 3. The number of ether oxygens (including phenoxy) is 1. The Hall–Kier alpha value is -1.46. The standard InChI is InChI=1S/C13H15NO/c1-3-4-12(14-2)10-5-6-13-11(9-10)7-8-15-13/h1,5-6,9,12,14H,4,7-8H2,2H3. The molecule has 0 amide bonds. The summed E-state index contributed by atoms with van der Waals surface area (Å²) < 4.78 is 5.47. The molecule has 1 heterocycles. The average molecular weight is 201 g/mol. The lowest BCUT2D eigenvalue weighted by molar-refractivity contribution is 0.356. The highest BCUT2D eigenvalue weighted by atomic mass is 16.5. The molecule has 2 nitrogen and oxygen atoms in total. The number of hydrogen-bond acceptors (Lipinski definition) is 2. The number of hydrogen-bond donors (Lipinski definition) is 1. The van der Waals surface area contributed by atoms with Gasteiger partial charge in [0, 0.05) is 18.9 Å². The maximum absolute atomic E-state index is 5.47. The van der Waals surface area contributed by atoms with Crippen LogP contribution in [0.5, 0.6) is 5.75 Å². The number of fused-ring (bicyclic) bond motifs is 1. The van der Waals surface area contributed by atoms with Gasteiger partial charge in [-0.05, 0) is 24.2 Å². The van der Waals surface area contributed by atoms with Crippen molar-refractivity contribution >= 4 is 0 Å². The fourth-order valence-corrected chi connectivity index (χ4v) is 1.93. The van der Waals surface area contributed by atoms with Crippen molar-refractivity contribution in [2.24, 2.45) is 0 Å². The highest BCUT2D eigenvalue weighted by Gasteiger charge is 2.15. The Balaban J connectivity index is 2.25. The van der Waals surface area contributed by atoms with E-state index in [4.69, 9.17) is 11.2 Å². The summed E-state index contributed by atoms with van der Waals surface area (Å²) in [4.78, 5) is 0. The van der Waals surface area contributed by atoms with Crippen LogP contribution >= 0.6 is 0 Å². The molecule has 0 saturated carbocycles. The molecule has 1 N–H and O–H groups in total. The van der Waals surface area contributed by atoms with Crippen LogP contribution in [0.15, 0.2) is 18.2 Å². The van der Waals surface area contributed by atoms with E-state index in [1.165, 1.54) is 11.1 Å². The molecule has 0 aliphatic carbocycles. The van der Waals surface area contributed by atoms with Gasteiger partial charge in [0.2, 0.25) is 0 Å². The Morgan fingerprint density at radius 1 is 1.60 bits per heavy atom. The lowest BCUT2D eigenvalue weighted by Gasteiger charge is -2.14. The molecule has 1 atom stereocenters. The van der Waals surface area contributed by atoms with E-state index in [0.717, 1.165) is 25.2 Å². The quantitative estimate of drug-likeness (QED) is 0.754. The van der Waals surface area contributed by atoms with Gasteiger partial charge < -0.3 is 10.1 Å². The van der Waals surface area contributed by atoms with E-state index in [0.29, 0.717) is 0 Å². The van der Waals surface area contributed by atoms with Crippen LogP contribution in [0.1, 0.15) is 23.6 Å². The first-order valence-corrected chi connectivity index (χ1v) is 5.21. The molecule has 0 saturated heterocycles. The lowest BCUT2D eigenvalue weighted by atomic mass is 10.0. The van der Waals surface area contributed by atoms with Crippen molar-refractivity contribution in [1.29, 1.82) is 0 Å². The molecule has 1 aliphatic heterocycles. The lowest BCUT2D eigenvalue weighted by Crippen LogP contribution is -2.15. The SMILES string of the molecule is C#CCC(NC)c1ccc2c(c1)CCO2. The highest BCUT2D eigenvalue weighted by molar-refractivity contribution is 5.41. The Kier molecular flexibility index (Phi) is 2.94. The van der Waals surface area contributed by atoms with Gasteiger partial charge in [-0.25, -0.2) is 0 Å². The fourth-order valence-electron chi connectivity index (χ4n) is 1.93. The summed E-state index contributed by atoms with van der Waals surface area (Å²) in [6.07, 6.45) is 7.07. The third kappa shape index (κ3) is 1.98. The topological polar surface area (TPSA) is 21.3 Å². The molecule has 1 unspecified atom stereocenters. The van der Waals surface area contributed by atoms with Crippen LogP contribution in [0.4, 0.5) is 0 Å². The van der Waals surface area contributed by atoms with Crippen LogP contribution in [0.3, 0.4) is 0 Å². The van der Waals surface area contributed by atoms with Gasteiger partial charge >= 0.3 is 0 Å². The zero-order chi connectivity index (χ0) is 10.7. The Bertz CT molecular complexity index is 392. The molecule has 78 valence electrons. The first-order valence-electron chi connectivity index (χ1n) is 5.21. The van der Waals surface area contributed by atoms with Crippen LogP contribution in [-0.4, -0.2) is 13.7 Å². The fraction of sp³-hybridized carbons (Fsp3) is 0.385. The molecule has 0 fully saturated rings. The monoisotopic (exact) mass is 201 g/mol. The second-order valence-corrected chi connectivity index (χ2v) is 3.72. The van der Waals surface area contributed by atoms with Crippen molar-refractivity contribution in [3.63, 3.8) is 0 Å². The predicted octanol–water partition coefficient (Wildman–Crippen LogP) is 1.91. The molecular weight excluding hydrogens is 186 g/mol. The van der Waals surface area contributed by atoms with Crippen LogP contribution in [0.2, 0.25) is 0 Å². The van der Waals surface area contributed by atoms with Gasteiger partial charge in [-0.15, -0.1) is 12.3 Å². The maximum atomic E-state index is 5.47. The maximum Gasteiger partial charge on any atom is 0.122 e. The summed E-state index contributed by atoms with van der Waals surface area (Å²) in [6.45, 7) is 0.804. The third-order valence-corrected chi connectivity index (χ3v) is 2.79. The van der Waals surface area contributed by atoms with Crippen molar-refractivity contribution in [1.82, 2.24) is 5.32 Å². The minimum absolute atomic E-state index is 0.251. The van der Waals surface area contributed by atoms with E-state index < -0.39 is 0 Å². The van der Waals surface area contributed by atoms with Crippen LogP contribution < -0.4 is 10.1 Å². The van der Waals surface area contributed by atoms with E-state index in [-0.39, 0.29) is 6.04 Å². The van der Waals surface area contributed by atoms with E-state index in [1.54, 1.807) is 0 Å². The zero-order valence-corrected chi connectivity index (χ0v) is 8.92. The van der Waals surface area contributed by atoms with Gasteiger partial charge in [-0.1, -0.05) is 12.1 Å². The second kappa shape index (κ2) is 4.37. The van der Waals surface area contributed by atoms with Crippen LogP contribution in [-0.2, 0) is 6.42 Å². The van der Waals surface area contributed by atoms with Gasteiger partial charge in [0.05, 0.1) is 6.61 Å². The smallest absolute Gasteiger partial charge is 0.122 e. The van der Waals surface area contributed by atoms with Crippen LogP contribution in [0, 0.1) is 12.3 Å². The first-order chi connectivity index (χ1) is 7.35. The second-order valence-electron chi connectivity index (χ2n) is 3.72. The molecule has 0 aromatic heterocycles. The Morgan fingerprint density at radius 2 is 2.47 bits per heavy atom. The van der Waals surface area contributed by atoms with Gasteiger partial charge in [0.1, 0.15) is 5.75 Å². The molecule has 0 bridgehead atoms. The third-order valence-electron chi connectivity index (χ3n) is 2.79. The summed E-state index contributed by atoms with van der Waals surface area (Å²) in [5, 5.41) is 3.23. The van der Waals surface area contributed by atoms with Gasteiger partial charge in [0.25, 0.3) is 0 Å². The molecular formula is C13H15NO. The predicted molar refractivity (Wildman–Crippen MR) is 60.9 cm³/mol. The van der Waals surface area contributed by atoms with E-state index in [2.05, 4.69) is 23.4 Å². The molecule has 15 heavy (non-hydrogen) atoms. The summed E-state index contributed by atoms with van der Waals surface area (Å²) in [6, 6.07) is 6.57. The highest BCUT2D eigenvalue weighted by Crippen LogP contribution is 2.28. The summed E-state index contributed by atoms with van der Waals surface area (Å²) in [7, 11) is 1.94. The minimum Gasteiger partial charge on any atom is -0.493 e. The van der Waals surface area contributed by atoms with E-state index in [1.807, 2.05) is 13.1 Å². The van der Waals surface area contributed by atoms with Crippen molar-refractivity contribution in [3.05, 3.63) is 29.3 Å². The summed E-state index contributed by atoms with van der Waals surface area (Å²) in [5.74, 6) is 3.71. The number of nitrogens with one attached hydrogen (secondary N) is 1. The van der Waals surface area contributed by atoms with Gasteiger partial charge in [0.15, 0.2) is 0 Å². The Labute approximate surface area is 90.6 Å². The molecule has 1 aliphatic rings. The van der Waals surface area contributed by atoms with Crippen molar-refractivity contribution in [3.8, 4) is 18.1 Å².